The van der Waals surface area contributed by atoms with E-state index in [2.05, 4.69) is 60.4 Å². The van der Waals surface area contributed by atoms with Crippen molar-refractivity contribution in [2.24, 2.45) is 0 Å². The predicted molar refractivity (Wildman–Crippen MR) is 62.6 cm³/mol. The fourth-order valence-corrected chi connectivity index (χ4v) is 1.54. The van der Waals surface area contributed by atoms with Gasteiger partial charge < -0.3 is 0 Å². The number of rotatable bonds is 3. The third-order valence-electron chi connectivity index (χ3n) is 1.46. The molecule has 1 rings (SSSR count). The van der Waals surface area contributed by atoms with Crippen LogP contribution in [0.1, 0.15) is 5.56 Å². The van der Waals surface area contributed by atoms with Gasteiger partial charge in [0.1, 0.15) is 0 Å². The van der Waals surface area contributed by atoms with Gasteiger partial charge in [0.05, 0.1) is 4.95 Å². The van der Waals surface area contributed by atoms with Gasteiger partial charge >= 0.3 is 0 Å². The zero-order valence-electron chi connectivity index (χ0n) is 6.25. The second kappa shape index (κ2) is 5.37. The first-order chi connectivity index (χ1) is 5.70. The van der Waals surface area contributed by atoms with Crippen LogP contribution in [0.4, 0.5) is 0 Å². The minimum Gasteiger partial charge on any atom is -0.164 e. The molecule has 4 heteroatoms. The highest BCUT2D eigenvalue weighted by Crippen LogP contribution is 2.21. The van der Waals surface area contributed by atoms with Crippen LogP contribution in [-0.4, -0.2) is 7.90 Å². The molecule has 1 nitrogen and oxygen atoms in total. The van der Waals surface area contributed by atoms with Crippen molar-refractivity contribution in [2.45, 2.75) is 11.4 Å². The number of halogens is 3. The van der Waals surface area contributed by atoms with Gasteiger partial charge in [-0.1, -0.05) is 46.3 Å². The summed E-state index contributed by atoms with van der Waals surface area (Å²) in [5.41, 5.74) is 1.31. The maximum Gasteiger partial charge on any atom is 0.0911 e. The Hall–Kier alpha value is 0.620. The molecule has 0 aromatic heterocycles. The first-order valence-electron chi connectivity index (χ1n) is 3.49. The quantitative estimate of drug-likeness (QED) is 0.451. The average molecular weight is 358 g/mol. The van der Waals surface area contributed by atoms with E-state index in [1.807, 2.05) is 18.2 Å². The van der Waals surface area contributed by atoms with E-state index >= 15 is 0 Å². The van der Waals surface area contributed by atoms with Gasteiger partial charge in [-0.2, -0.15) is 2.95 Å². The summed E-state index contributed by atoms with van der Waals surface area (Å²) >= 11 is 10.1. The van der Waals surface area contributed by atoms with Crippen molar-refractivity contribution in [1.82, 2.24) is 2.95 Å². The summed E-state index contributed by atoms with van der Waals surface area (Å²) in [5.74, 6) is 0. The van der Waals surface area contributed by atoms with Gasteiger partial charge in [0.2, 0.25) is 0 Å². The Kier molecular flexibility index (Phi) is 4.79. The first kappa shape index (κ1) is 10.7. The Morgan fingerprint density at radius 3 is 2.25 bits per heavy atom. The van der Waals surface area contributed by atoms with E-state index in [1.165, 1.54) is 5.56 Å². The Labute approximate surface area is 97.9 Å². The van der Waals surface area contributed by atoms with Crippen LogP contribution in [-0.2, 0) is 6.42 Å². The maximum absolute atomic E-state index is 3.51. The first-order valence-corrected chi connectivity index (χ1v) is 5.82. The van der Waals surface area contributed by atoms with E-state index in [0.717, 1.165) is 6.42 Å². The van der Waals surface area contributed by atoms with Crippen molar-refractivity contribution in [3.05, 3.63) is 35.9 Å². The fourth-order valence-electron chi connectivity index (χ4n) is 0.878. The molecule has 0 fully saturated rings. The normalized spacial score (nSPS) is 13.3. The molecule has 0 aliphatic heterocycles. The highest BCUT2D eigenvalue weighted by atomic mass is 79.9. The SMILES string of the molecule is BrC(Cc1ccccc1)N(Br)Br. The van der Waals surface area contributed by atoms with E-state index in [4.69, 9.17) is 0 Å². The van der Waals surface area contributed by atoms with Crippen LogP contribution in [0.25, 0.3) is 0 Å². The van der Waals surface area contributed by atoms with Crippen LogP contribution < -0.4 is 0 Å². The van der Waals surface area contributed by atoms with Crippen molar-refractivity contribution >= 4 is 48.2 Å². The van der Waals surface area contributed by atoms with Gasteiger partial charge in [-0.15, -0.1) is 0 Å². The molecule has 0 radical (unpaired) electrons. The fraction of sp³-hybridized carbons (Fsp3) is 0.250. The summed E-state index contributed by atoms with van der Waals surface area (Å²) in [7, 11) is 0. The Bertz CT molecular complexity index is 225. The van der Waals surface area contributed by atoms with Crippen LogP contribution in [0.15, 0.2) is 30.3 Å². The third-order valence-corrected chi connectivity index (χ3v) is 4.28. The van der Waals surface area contributed by atoms with E-state index < -0.39 is 0 Å². The molecule has 0 aliphatic carbocycles. The van der Waals surface area contributed by atoms with Gasteiger partial charge in [0.25, 0.3) is 0 Å². The van der Waals surface area contributed by atoms with Crippen molar-refractivity contribution < 1.29 is 0 Å². The third kappa shape index (κ3) is 3.56. The van der Waals surface area contributed by atoms with Crippen LogP contribution in [0.2, 0.25) is 0 Å². The molecule has 0 bridgehead atoms. The number of hydrogen-bond donors (Lipinski definition) is 0. The Morgan fingerprint density at radius 2 is 1.75 bits per heavy atom. The van der Waals surface area contributed by atoms with E-state index in [0.29, 0.717) is 0 Å². The topological polar surface area (TPSA) is 3.24 Å². The van der Waals surface area contributed by atoms with E-state index in [1.54, 1.807) is 2.95 Å². The minimum atomic E-state index is 0.264. The summed E-state index contributed by atoms with van der Waals surface area (Å²) in [6.45, 7) is 0. The van der Waals surface area contributed by atoms with Gasteiger partial charge in [0, 0.05) is 32.3 Å². The minimum absolute atomic E-state index is 0.264. The van der Waals surface area contributed by atoms with Crippen LogP contribution in [0, 0.1) is 0 Å². The summed E-state index contributed by atoms with van der Waals surface area (Å²) < 4.78 is 1.78. The molecule has 0 aliphatic rings. The number of nitrogens with zero attached hydrogens (tertiary/aromatic N) is 1. The lowest BCUT2D eigenvalue weighted by Gasteiger charge is -2.12. The zero-order valence-corrected chi connectivity index (χ0v) is 11.0. The predicted octanol–water partition coefficient (Wildman–Crippen LogP) is 3.87. The standard InChI is InChI=1S/C8H8Br3N/c9-8(12(10)11)6-7-4-2-1-3-5-7/h1-5,8H,6H2. The lowest BCUT2D eigenvalue weighted by molar-refractivity contribution is 0.717. The van der Waals surface area contributed by atoms with Crippen molar-refractivity contribution in [3.8, 4) is 0 Å². The van der Waals surface area contributed by atoms with Gasteiger partial charge in [0.15, 0.2) is 0 Å². The van der Waals surface area contributed by atoms with E-state index in [-0.39, 0.29) is 4.95 Å². The molecule has 0 heterocycles. The Balaban J connectivity index is 2.53. The molecule has 12 heavy (non-hydrogen) atoms. The highest BCUT2D eigenvalue weighted by molar-refractivity contribution is 9.21. The Morgan fingerprint density at radius 1 is 1.17 bits per heavy atom. The molecular formula is C8H8Br3N. The summed E-state index contributed by atoms with van der Waals surface area (Å²) in [6.07, 6.45) is 0.956. The van der Waals surface area contributed by atoms with Gasteiger partial charge in [-0.25, -0.2) is 0 Å². The van der Waals surface area contributed by atoms with Crippen molar-refractivity contribution in [2.75, 3.05) is 0 Å². The van der Waals surface area contributed by atoms with Crippen molar-refractivity contribution in [3.63, 3.8) is 0 Å². The molecule has 1 aromatic rings. The second-order valence-electron chi connectivity index (χ2n) is 2.38. The van der Waals surface area contributed by atoms with Crippen LogP contribution >= 0.6 is 48.2 Å². The van der Waals surface area contributed by atoms with Gasteiger partial charge in [-0.3, -0.25) is 0 Å². The van der Waals surface area contributed by atoms with Crippen molar-refractivity contribution in [1.29, 1.82) is 0 Å². The molecule has 0 saturated heterocycles. The smallest absolute Gasteiger partial charge is 0.0911 e. The molecule has 66 valence electrons. The summed E-state index contributed by atoms with van der Waals surface area (Å²) in [4.78, 5) is 0.264. The van der Waals surface area contributed by atoms with E-state index in [9.17, 15) is 0 Å². The molecular weight excluding hydrogens is 350 g/mol. The summed E-state index contributed by atoms with van der Waals surface area (Å²) in [5, 5.41) is 0. The molecule has 1 aromatic carbocycles. The average Bonchev–Trinajstić information content (AvgIpc) is 2.06. The molecule has 0 spiro atoms. The lowest BCUT2D eigenvalue weighted by atomic mass is 10.2. The molecule has 0 amide bonds. The van der Waals surface area contributed by atoms with Crippen LogP contribution in [0.5, 0.6) is 0 Å². The highest BCUT2D eigenvalue weighted by Gasteiger charge is 2.09. The van der Waals surface area contributed by atoms with Gasteiger partial charge in [-0.05, 0) is 12.0 Å². The zero-order chi connectivity index (χ0) is 8.97. The lowest BCUT2D eigenvalue weighted by Crippen LogP contribution is -2.12. The molecule has 1 atom stereocenters. The molecule has 0 N–H and O–H groups in total. The second-order valence-corrected chi connectivity index (χ2v) is 5.92. The number of hydrogen-bond acceptors (Lipinski definition) is 1. The maximum atomic E-state index is 3.51. The summed E-state index contributed by atoms with van der Waals surface area (Å²) in [6, 6.07) is 10.3. The molecule has 0 saturated carbocycles. The largest absolute Gasteiger partial charge is 0.164 e. The molecule has 1 unspecified atom stereocenters. The number of benzene rings is 1. The number of alkyl halides is 1. The monoisotopic (exact) mass is 355 g/mol. The van der Waals surface area contributed by atoms with Crippen LogP contribution in [0.3, 0.4) is 0 Å².